The number of aromatic amines is 1. The van der Waals surface area contributed by atoms with Crippen molar-refractivity contribution in [3.8, 4) is 0 Å². The van der Waals surface area contributed by atoms with E-state index in [1.54, 1.807) is 0 Å². The fourth-order valence-corrected chi connectivity index (χ4v) is 2.96. The maximum atomic E-state index is 13.0. The molecule has 2 heterocycles. The molecule has 1 aromatic heterocycles. The highest BCUT2D eigenvalue weighted by atomic mass is 19.4. The van der Waals surface area contributed by atoms with Crippen LogP contribution < -0.4 is 5.32 Å². The van der Waals surface area contributed by atoms with Crippen molar-refractivity contribution in [3.05, 3.63) is 24.0 Å². The van der Waals surface area contributed by atoms with E-state index in [1.165, 1.54) is 18.2 Å². The number of amides is 2. The van der Waals surface area contributed by atoms with Crippen LogP contribution in [0.15, 0.2) is 18.2 Å². The lowest BCUT2D eigenvalue weighted by molar-refractivity contribution is -0.187. The van der Waals surface area contributed by atoms with Crippen molar-refractivity contribution >= 4 is 28.7 Å². The molecule has 146 valence electrons. The number of H-pyrrole nitrogens is 1. The number of hydrogen-bond donors (Lipinski definition) is 3. The second-order valence-corrected chi connectivity index (χ2v) is 6.08. The number of anilines is 1. The molecule has 0 bridgehead atoms. The molecular formula is C15H13F5N4O3. The standard InChI is InChI=1S/C15H13F5N4O3/c16-11(17)12-22-9-2-1-6(3-10(9)23-12)21-14(27)24-4-7(13(25)26)8(5-24)15(18,19)20/h1-3,7-8,11H,4-5H2,(H,21,27)(H,22,23)(H,25,26)/t7-,8-/m1/s1. The van der Waals surface area contributed by atoms with Crippen molar-refractivity contribution in [1.29, 1.82) is 0 Å². The number of fused-ring (bicyclic) bond motifs is 1. The predicted octanol–water partition coefficient (Wildman–Crippen LogP) is 3.23. The number of imidazole rings is 1. The van der Waals surface area contributed by atoms with E-state index in [9.17, 15) is 31.5 Å². The lowest BCUT2D eigenvalue weighted by Crippen LogP contribution is -2.35. The van der Waals surface area contributed by atoms with E-state index >= 15 is 0 Å². The smallest absolute Gasteiger partial charge is 0.394 e. The second-order valence-electron chi connectivity index (χ2n) is 6.08. The first-order valence-corrected chi connectivity index (χ1v) is 7.69. The number of urea groups is 1. The number of carboxylic acid groups (broad SMARTS) is 1. The quantitative estimate of drug-likeness (QED) is 0.699. The van der Waals surface area contributed by atoms with Crippen LogP contribution in [0.3, 0.4) is 0 Å². The maximum absolute atomic E-state index is 13.0. The highest BCUT2D eigenvalue weighted by Crippen LogP contribution is 2.38. The fraction of sp³-hybridized carbons (Fsp3) is 0.400. The third kappa shape index (κ3) is 3.78. The van der Waals surface area contributed by atoms with Gasteiger partial charge in [0.1, 0.15) is 0 Å². The van der Waals surface area contributed by atoms with E-state index in [1.807, 2.05) is 0 Å². The minimum Gasteiger partial charge on any atom is -0.481 e. The van der Waals surface area contributed by atoms with E-state index in [4.69, 9.17) is 5.11 Å². The van der Waals surface area contributed by atoms with Crippen molar-refractivity contribution < 1.29 is 36.6 Å². The number of hydrogen-bond acceptors (Lipinski definition) is 3. The molecule has 2 atom stereocenters. The van der Waals surface area contributed by atoms with Crippen molar-refractivity contribution in [3.63, 3.8) is 0 Å². The Morgan fingerprint density at radius 1 is 1.30 bits per heavy atom. The highest BCUT2D eigenvalue weighted by molar-refractivity contribution is 5.92. The molecule has 12 heteroatoms. The first kappa shape index (κ1) is 18.9. The van der Waals surface area contributed by atoms with Crippen LogP contribution in [-0.4, -0.2) is 51.2 Å². The number of likely N-dealkylation sites (tertiary alicyclic amines) is 1. The molecule has 7 nitrogen and oxygen atoms in total. The minimum absolute atomic E-state index is 0.138. The molecule has 1 aromatic carbocycles. The Labute approximate surface area is 148 Å². The van der Waals surface area contributed by atoms with Crippen LogP contribution in [0.25, 0.3) is 11.0 Å². The molecule has 0 aliphatic carbocycles. The summed E-state index contributed by atoms with van der Waals surface area (Å²) in [4.78, 5) is 30.1. The van der Waals surface area contributed by atoms with Gasteiger partial charge in [-0.1, -0.05) is 0 Å². The zero-order chi connectivity index (χ0) is 19.9. The molecule has 27 heavy (non-hydrogen) atoms. The van der Waals surface area contributed by atoms with Crippen LogP contribution in [0.5, 0.6) is 0 Å². The Bertz CT molecular complexity index is 882. The maximum Gasteiger partial charge on any atom is 0.394 e. The van der Waals surface area contributed by atoms with Gasteiger partial charge in [0.2, 0.25) is 0 Å². The van der Waals surface area contributed by atoms with Crippen LogP contribution in [0.2, 0.25) is 0 Å². The van der Waals surface area contributed by atoms with E-state index in [-0.39, 0.29) is 16.7 Å². The number of benzene rings is 1. The number of aromatic nitrogens is 2. The molecule has 3 rings (SSSR count). The summed E-state index contributed by atoms with van der Waals surface area (Å²) in [5, 5.41) is 11.3. The number of alkyl halides is 5. The fourth-order valence-electron chi connectivity index (χ4n) is 2.96. The normalized spacial score (nSPS) is 20.4. The van der Waals surface area contributed by atoms with Gasteiger partial charge in [0.15, 0.2) is 5.82 Å². The molecule has 1 fully saturated rings. The second kappa shape index (κ2) is 6.67. The Kier molecular flexibility index (Phi) is 4.66. The number of rotatable bonds is 3. The molecule has 0 spiro atoms. The molecular weight excluding hydrogens is 379 g/mol. The third-order valence-electron chi connectivity index (χ3n) is 4.30. The van der Waals surface area contributed by atoms with Gasteiger partial charge in [-0.15, -0.1) is 0 Å². The zero-order valence-electron chi connectivity index (χ0n) is 13.4. The first-order chi connectivity index (χ1) is 12.6. The molecule has 0 saturated carbocycles. The highest BCUT2D eigenvalue weighted by Gasteiger charge is 2.53. The SMILES string of the molecule is O=C(O)[C@@H]1CN(C(=O)Nc2ccc3nc(C(F)F)[nH]c3c2)C[C@H]1C(F)(F)F. The van der Waals surface area contributed by atoms with Gasteiger partial charge in [0.05, 0.1) is 22.9 Å². The summed E-state index contributed by atoms with van der Waals surface area (Å²) in [7, 11) is 0. The van der Waals surface area contributed by atoms with Gasteiger partial charge in [-0.25, -0.2) is 18.6 Å². The number of nitrogens with one attached hydrogen (secondary N) is 2. The van der Waals surface area contributed by atoms with E-state index < -0.39 is 55.4 Å². The zero-order valence-corrected chi connectivity index (χ0v) is 13.4. The van der Waals surface area contributed by atoms with Gasteiger partial charge >= 0.3 is 18.2 Å². The van der Waals surface area contributed by atoms with Gasteiger partial charge in [-0.2, -0.15) is 13.2 Å². The van der Waals surface area contributed by atoms with Crippen molar-refractivity contribution in [1.82, 2.24) is 14.9 Å². The Hall–Kier alpha value is -2.92. The van der Waals surface area contributed by atoms with E-state index in [2.05, 4.69) is 15.3 Å². The summed E-state index contributed by atoms with van der Waals surface area (Å²) in [6.45, 7) is -1.37. The Morgan fingerprint density at radius 3 is 2.56 bits per heavy atom. The van der Waals surface area contributed by atoms with Gasteiger partial charge in [0, 0.05) is 18.8 Å². The van der Waals surface area contributed by atoms with Gasteiger partial charge in [-0.3, -0.25) is 4.79 Å². The number of carbonyl (C=O) groups is 2. The summed E-state index contributed by atoms with van der Waals surface area (Å²) in [6.07, 6.45) is -7.56. The number of carboxylic acids is 1. The van der Waals surface area contributed by atoms with Gasteiger partial charge < -0.3 is 20.3 Å². The summed E-state index contributed by atoms with van der Waals surface area (Å²) < 4.78 is 64.2. The average Bonchev–Trinajstić information content (AvgIpc) is 3.18. The minimum atomic E-state index is -4.75. The number of nitrogens with zero attached hydrogens (tertiary/aromatic N) is 2. The summed E-state index contributed by atoms with van der Waals surface area (Å²) in [5.74, 6) is -6.10. The molecule has 1 aliphatic rings. The molecule has 1 aliphatic heterocycles. The first-order valence-electron chi connectivity index (χ1n) is 7.69. The van der Waals surface area contributed by atoms with Crippen LogP contribution in [0.1, 0.15) is 12.2 Å². The summed E-state index contributed by atoms with van der Waals surface area (Å²) in [6, 6.07) is 3.09. The van der Waals surface area contributed by atoms with Gasteiger partial charge in [0.25, 0.3) is 6.43 Å². The third-order valence-corrected chi connectivity index (χ3v) is 4.30. The summed E-state index contributed by atoms with van der Waals surface area (Å²) >= 11 is 0. The number of aliphatic carboxylic acids is 1. The Balaban J connectivity index is 1.75. The van der Waals surface area contributed by atoms with Crippen LogP contribution >= 0.6 is 0 Å². The molecule has 1 saturated heterocycles. The van der Waals surface area contributed by atoms with Crippen molar-refractivity contribution in [2.45, 2.75) is 12.6 Å². The molecule has 0 radical (unpaired) electrons. The lowest BCUT2D eigenvalue weighted by Gasteiger charge is -2.18. The van der Waals surface area contributed by atoms with E-state index in [0.717, 1.165) is 4.90 Å². The van der Waals surface area contributed by atoms with Crippen LogP contribution in [0, 0.1) is 11.8 Å². The van der Waals surface area contributed by atoms with Crippen molar-refractivity contribution in [2.75, 3.05) is 18.4 Å². The molecule has 3 N–H and O–H groups in total. The summed E-state index contributed by atoms with van der Waals surface area (Å²) in [5.41, 5.74) is 0.577. The topological polar surface area (TPSA) is 98.3 Å². The molecule has 2 amide bonds. The molecule has 0 unspecified atom stereocenters. The monoisotopic (exact) mass is 392 g/mol. The largest absolute Gasteiger partial charge is 0.481 e. The Morgan fingerprint density at radius 2 is 2.00 bits per heavy atom. The van der Waals surface area contributed by atoms with Gasteiger partial charge in [-0.05, 0) is 18.2 Å². The number of halogens is 5. The lowest BCUT2D eigenvalue weighted by atomic mass is 9.96. The molecule has 2 aromatic rings. The average molecular weight is 392 g/mol. The predicted molar refractivity (Wildman–Crippen MR) is 82.3 cm³/mol. The number of carbonyl (C=O) groups excluding carboxylic acids is 1. The van der Waals surface area contributed by atoms with Crippen LogP contribution in [0.4, 0.5) is 32.4 Å². The van der Waals surface area contributed by atoms with E-state index in [0.29, 0.717) is 0 Å². The van der Waals surface area contributed by atoms with Crippen LogP contribution in [-0.2, 0) is 4.79 Å². The van der Waals surface area contributed by atoms with Crippen molar-refractivity contribution in [2.24, 2.45) is 11.8 Å².